The van der Waals surface area contributed by atoms with Crippen molar-refractivity contribution in [2.24, 2.45) is 11.8 Å². The Morgan fingerprint density at radius 3 is 2.65 bits per heavy atom. The average molecular weight is 317 g/mol. The topological polar surface area (TPSA) is 55.2 Å². The van der Waals surface area contributed by atoms with Crippen molar-refractivity contribution in [2.45, 2.75) is 64.5 Å². The predicted octanol–water partition coefficient (Wildman–Crippen LogP) is 2.66. The van der Waals surface area contributed by atoms with Gasteiger partial charge >= 0.3 is 0 Å². The Bertz CT molecular complexity index is 536. The third kappa shape index (κ3) is 3.65. The van der Waals surface area contributed by atoms with Gasteiger partial charge in [-0.3, -0.25) is 9.59 Å². The SMILES string of the molecule is CCCCCC1C(=O)C(=O)N(CCCn2ccnc2)C1C1CC1. The lowest BCUT2D eigenvalue weighted by Gasteiger charge is -2.27. The van der Waals surface area contributed by atoms with Gasteiger partial charge in [-0.25, -0.2) is 4.98 Å². The monoisotopic (exact) mass is 317 g/mol. The summed E-state index contributed by atoms with van der Waals surface area (Å²) in [6.07, 6.45) is 13.0. The lowest BCUT2D eigenvalue weighted by Crippen LogP contribution is -2.38. The minimum atomic E-state index is -0.228. The summed E-state index contributed by atoms with van der Waals surface area (Å²) < 4.78 is 2.02. The molecule has 0 aromatic carbocycles. The lowest BCUT2D eigenvalue weighted by atomic mass is 9.90. The Morgan fingerprint density at radius 2 is 2.00 bits per heavy atom. The van der Waals surface area contributed by atoms with Gasteiger partial charge in [0.15, 0.2) is 0 Å². The first kappa shape index (κ1) is 16.2. The van der Waals surface area contributed by atoms with Gasteiger partial charge in [-0.05, 0) is 31.6 Å². The summed E-state index contributed by atoms with van der Waals surface area (Å²) in [5.41, 5.74) is 0. The number of hydrogen-bond acceptors (Lipinski definition) is 3. The van der Waals surface area contributed by atoms with E-state index in [1.165, 1.54) is 12.8 Å². The molecule has 1 amide bonds. The van der Waals surface area contributed by atoms with Crippen LogP contribution in [0, 0.1) is 11.8 Å². The van der Waals surface area contributed by atoms with Gasteiger partial charge in [0.25, 0.3) is 5.91 Å². The average Bonchev–Trinajstić information content (AvgIpc) is 3.20. The molecule has 2 unspecified atom stereocenters. The standard InChI is InChI=1S/C18H27N3O2/c1-2-3-4-6-15-16(14-7-8-14)21(18(23)17(15)22)11-5-10-20-12-9-19-13-20/h9,12-16H,2-8,10-11H2,1H3. The molecule has 126 valence electrons. The maximum Gasteiger partial charge on any atom is 0.290 e. The number of aryl methyl sites for hydroxylation is 1. The number of hydrogen-bond donors (Lipinski definition) is 0. The van der Waals surface area contributed by atoms with Crippen molar-refractivity contribution in [3.05, 3.63) is 18.7 Å². The van der Waals surface area contributed by atoms with Crippen LogP contribution in [0.5, 0.6) is 0 Å². The largest absolute Gasteiger partial charge is 0.337 e. The zero-order valence-electron chi connectivity index (χ0n) is 14.0. The first-order valence-corrected chi connectivity index (χ1v) is 9.03. The summed E-state index contributed by atoms with van der Waals surface area (Å²) in [4.78, 5) is 30.8. The van der Waals surface area contributed by atoms with E-state index in [1.807, 2.05) is 15.7 Å². The van der Waals surface area contributed by atoms with Crippen LogP contribution in [-0.2, 0) is 16.1 Å². The summed E-state index contributed by atoms with van der Waals surface area (Å²) in [5.74, 6) is 0.162. The molecule has 0 bridgehead atoms. The number of unbranched alkanes of at least 4 members (excludes halogenated alkanes) is 2. The number of rotatable bonds is 9. The summed E-state index contributed by atoms with van der Waals surface area (Å²) in [6, 6.07) is 0.176. The fourth-order valence-electron chi connectivity index (χ4n) is 3.84. The number of likely N-dealkylation sites (tertiary alicyclic amines) is 1. The molecule has 1 aromatic rings. The molecular formula is C18H27N3O2. The highest BCUT2D eigenvalue weighted by atomic mass is 16.2. The fourth-order valence-corrected chi connectivity index (χ4v) is 3.84. The van der Waals surface area contributed by atoms with Crippen molar-refractivity contribution in [3.63, 3.8) is 0 Å². The Morgan fingerprint density at radius 1 is 1.17 bits per heavy atom. The van der Waals surface area contributed by atoms with Gasteiger partial charge in [-0.1, -0.05) is 26.2 Å². The summed E-state index contributed by atoms with van der Waals surface area (Å²) in [6.45, 7) is 3.70. The molecule has 1 saturated carbocycles. The second-order valence-corrected chi connectivity index (χ2v) is 6.95. The minimum absolute atomic E-state index is 0.0465. The molecule has 0 spiro atoms. The molecule has 23 heavy (non-hydrogen) atoms. The third-order valence-corrected chi connectivity index (χ3v) is 5.18. The van der Waals surface area contributed by atoms with E-state index in [2.05, 4.69) is 11.9 Å². The third-order valence-electron chi connectivity index (χ3n) is 5.18. The number of amides is 1. The van der Waals surface area contributed by atoms with Crippen LogP contribution >= 0.6 is 0 Å². The quantitative estimate of drug-likeness (QED) is 0.520. The number of aromatic nitrogens is 2. The van der Waals surface area contributed by atoms with E-state index in [0.29, 0.717) is 12.5 Å². The Labute approximate surface area is 138 Å². The molecule has 2 fully saturated rings. The number of nitrogens with zero attached hydrogens (tertiary/aromatic N) is 3. The van der Waals surface area contributed by atoms with Gasteiger partial charge < -0.3 is 9.47 Å². The normalized spacial score (nSPS) is 24.7. The molecule has 1 saturated heterocycles. The molecule has 0 radical (unpaired) electrons. The summed E-state index contributed by atoms with van der Waals surface area (Å²) in [7, 11) is 0. The molecule has 1 aliphatic carbocycles. The van der Waals surface area contributed by atoms with Gasteiger partial charge in [0, 0.05) is 37.4 Å². The van der Waals surface area contributed by atoms with E-state index in [4.69, 9.17) is 0 Å². The van der Waals surface area contributed by atoms with Gasteiger partial charge in [0.2, 0.25) is 5.78 Å². The van der Waals surface area contributed by atoms with E-state index in [-0.39, 0.29) is 23.7 Å². The highest BCUT2D eigenvalue weighted by Gasteiger charge is 2.52. The molecule has 2 aliphatic rings. The molecule has 0 N–H and O–H groups in total. The maximum atomic E-state index is 12.4. The second-order valence-electron chi connectivity index (χ2n) is 6.95. The van der Waals surface area contributed by atoms with Gasteiger partial charge in [0.1, 0.15) is 0 Å². The summed E-state index contributed by atoms with van der Waals surface area (Å²) >= 11 is 0. The van der Waals surface area contributed by atoms with Crippen molar-refractivity contribution in [3.8, 4) is 0 Å². The minimum Gasteiger partial charge on any atom is -0.337 e. The Kier molecular flexibility index (Phi) is 5.13. The predicted molar refractivity (Wildman–Crippen MR) is 87.7 cm³/mol. The van der Waals surface area contributed by atoms with Crippen molar-refractivity contribution in [1.29, 1.82) is 0 Å². The van der Waals surface area contributed by atoms with E-state index < -0.39 is 0 Å². The lowest BCUT2D eigenvalue weighted by molar-refractivity contribution is -0.141. The van der Waals surface area contributed by atoms with Crippen LogP contribution in [0.4, 0.5) is 0 Å². The van der Waals surface area contributed by atoms with Gasteiger partial charge in [-0.15, -0.1) is 0 Å². The molecule has 2 heterocycles. The van der Waals surface area contributed by atoms with E-state index in [9.17, 15) is 9.59 Å². The van der Waals surface area contributed by atoms with Crippen LogP contribution in [0.3, 0.4) is 0 Å². The number of imidazole rings is 1. The summed E-state index contributed by atoms with van der Waals surface area (Å²) in [5, 5.41) is 0. The molecule has 2 atom stereocenters. The Hall–Kier alpha value is -1.65. The van der Waals surface area contributed by atoms with Crippen LogP contribution in [0.25, 0.3) is 0 Å². The van der Waals surface area contributed by atoms with Crippen molar-refractivity contribution < 1.29 is 9.59 Å². The van der Waals surface area contributed by atoms with Crippen LogP contribution in [0.1, 0.15) is 51.9 Å². The molecular weight excluding hydrogens is 290 g/mol. The molecule has 1 aromatic heterocycles. The van der Waals surface area contributed by atoms with E-state index >= 15 is 0 Å². The van der Waals surface area contributed by atoms with E-state index in [0.717, 1.165) is 38.6 Å². The van der Waals surface area contributed by atoms with E-state index in [1.54, 1.807) is 12.5 Å². The number of Topliss-reactive ketones (excluding diaryl/α,β-unsaturated/α-hetero) is 1. The first-order valence-electron chi connectivity index (χ1n) is 9.03. The number of carbonyl (C=O) groups excluding carboxylic acids is 2. The fraction of sp³-hybridized carbons (Fsp3) is 0.722. The number of ketones is 1. The second kappa shape index (κ2) is 7.28. The Balaban J connectivity index is 1.60. The van der Waals surface area contributed by atoms with Gasteiger partial charge in [-0.2, -0.15) is 0 Å². The molecule has 1 aliphatic heterocycles. The van der Waals surface area contributed by atoms with Gasteiger partial charge in [0.05, 0.1) is 6.33 Å². The highest BCUT2D eigenvalue weighted by molar-refractivity contribution is 6.39. The van der Waals surface area contributed by atoms with Crippen LogP contribution in [0.2, 0.25) is 0 Å². The molecule has 3 rings (SSSR count). The first-order chi connectivity index (χ1) is 11.2. The smallest absolute Gasteiger partial charge is 0.290 e. The maximum absolute atomic E-state index is 12.4. The molecule has 5 heteroatoms. The van der Waals surface area contributed by atoms with Crippen LogP contribution in [0.15, 0.2) is 18.7 Å². The zero-order chi connectivity index (χ0) is 16.2. The number of carbonyl (C=O) groups is 2. The zero-order valence-corrected chi connectivity index (χ0v) is 14.0. The van der Waals surface area contributed by atoms with Crippen LogP contribution < -0.4 is 0 Å². The molecule has 5 nitrogen and oxygen atoms in total. The van der Waals surface area contributed by atoms with Crippen molar-refractivity contribution >= 4 is 11.7 Å². The van der Waals surface area contributed by atoms with Crippen LogP contribution in [-0.4, -0.2) is 38.7 Å². The van der Waals surface area contributed by atoms with Crippen molar-refractivity contribution in [1.82, 2.24) is 14.5 Å². The highest BCUT2D eigenvalue weighted by Crippen LogP contribution is 2.43. The van der Waals surface area contributed by atoms with Crippen molar-refractivity contribution in [2.75, 3.05) is 6.54 Å².